The maximum atomic E-state index is 11.7. The van der Waals surface area contributed by atoms with E-state index in [4.69, 9.17) is 21.1 Å². The van der Waals surface area contributed by atoms with Gasteiger partial charge in [-0.3, -0.25) is 0 Å². The summed E-state index contributed by atoms with van der Waals surface area (Å²) in [4.78, 5) is 16.4. The molecule has 134 valence electrons. The van der Waals surface area contributed by atoms with Crippen LogP contribution in [0.15, 0.2) is 47.1 Å². The molecule has 0 unspecified atom stereocenters. The summed E-state index contributed by atoms with van der Waals surface area (Å²) >= 11 is 8.18. The average molecular weight is 484 g/mol. The Kier molecular flexibility index (Phi) is 5.83. The Labute approximate surface area is 169 Å². The smallest absolute Gasteiger partial charge is 0.367 e. The Hall–Kier alpha value is -2.06. The Morgan fingerprint density at radius 1 is 1.31 bits per heavy atom. The molecule has 0 saturated carbocycles. The predicted molar refractivity (Wildman–Crippen MR) is 109 cm³/mol. The maximum absolute atomic E-state index is 11.7. The van der Waals surface area contributed by atoms with Crippen molar-refractivity contribution < 1.29 is 19.1 Å². The highest BCUT2D eigenvalue weighted by Gasteiger charge is 2.22. The van der Waals surface area contributed by atoms with Crippen molar-refractivity contribution in [1.29, 1.82) is 0 Å². The number of oxime groups is 1. The summed E-state index contributed by atoms with van der Waals surface area (Å²) in [6.07, 6.45) is 1.72. The van der Waals surface area contributed by atoms with Crippen molar-refractivity contribution in [3.05, 3.63) is 61.7 Å². The number of benzene rings is 2. The van der Waals surface area contributed by atoms with Gasteiger partial charge in [0.15, 0.2) is 11.5 Å². The first-order chi connectivity index (χ1) is 12.5. The van der Waals surface area contributed by atoms with Crippen LogP contribution in [0.1, 0.15) is 18.1 Å². The molecule has 3 rings (SSSR count). The van der Waals surface area contributed by atoms with Crippen molar-refractivity contribution in [2.45, 2.75) is 13.5 Å². The van der Waals surface area contributed by atoms with E-state index in [1.807, 2.05) is 30.3 Å². The highest BCUT2D eigenvalue weighted by atomic mass is 127. The van der Waals surface area contributed by atoms with Gasteiger partial charge in [-0.25, -0.2) is 4.79 Å². The SMILES string of the molecule is COc1cc(/C=C2/C(=O)ON=C2C)cc(I)c1OCc1cccc(Cl)c1. The molecule has 2 aromatic carbocycles. The van der Waals surface area contributed by atoms with Gasteiger partial charge in [-0.05, 0) is 71.0 Å². The summed E-state index contributed by atoms with van der Waals surface area (Å²) in [7, 11) is 1.57. The minimum absolute atomic E-state index is 0.367. The summed E-state index contributed by atoms with van der Waals surface area (Å²) in [5.74, 6) is 0.749. The number of rotatable bonds is 5. The molecule has 0 fully saturated rings. The highest BCUT2D eigenvalue weighted by molar-refractivity contribution is 14.1. The molecule has 0 atom stereocenters. The molecule has 1 aliphatic heterocycles. The quantitative estimate of drug-likeness (QED) is 0.347. The van der Waals surface area contributed by atoms with Crippen LogP contribution in [0, 0.1) is 3.57 Å². The fraction of sp³-hybridized carbons (Fsp3) is 0.158. The number of ether oxygens (including phenoxy) is 2. The first kappa shape index (κ1) is 18.7. The second-order valence-corrected chi connectivity index (χ2v) is 7.16. The van der Waals surface area contributed by atoms with E-state index in [0.717, 1.165) is 14.7 Å². The van der Waals surface area contributed by atoms with Crippen LogP contribution in [-0.2, 0) is 16.2 Å². The molecule has 0 amide bonds. The van der Waals surface area contributed by atoms with Crippen molar-refractivity contribution in [3.8, 4) is 11.5 Å². The minimum Gasteiger partial charge on any atom is -0.493 e. The summed E-state index contributed by atoms with van der Waals surface area (Å²) in [6.45, 7) is 2.09. The summed E-state index contributed by atoms with van der Waals surface area (Å²) in [5, 5.41) is 4.34. The van der Waals surface area contributed by atoms with Crippen molar-refractivity contribution in [1.82, 2.24) is 0 Å². The minimum atomic E-state index is -0.460. The van der Waals surface area contributed by atoms with E-state index in [0.29, 0.717) is 34.4 Å². The number of nitrogens with zero attached hydrogens (tertiary/aromatic N) is 1. The van der Waals surface area contributed by atoms with E-state index >= 15 is 0 Å². The van der Waals surface area contributed by atoms with Gasteiger partial charge >= 0.3 is 5.97 Å². The molecular weight excluding hydrogens is 469 g/mol. The third-order valence-electron chi connectivity index (χ3n) is 3.71. The molecule has 26 heavy (non-hydrogen) atoms. The van der Waals surface area contributed by atoms with Crippen molar-refractivity contribution >= 4 is 51.9 Å². The first-order valence-electron chi connectivity index (χ1n) is 7.70. The number of carbonyl (C=O) groups excluding carboxylic acids is 1. The normalized spacial score (nSPS) is 15.0. The van der Waals surface area contributed by atoms with Gasteiger partial charge in [-0.1, -0.05) is 28.9 Å². The summed E-state index contributed by atoms with van der Waals surface area (Å²) in [6, 6.07) is 11.2. The number of hydrogen-bond acceptors (Lipinski definition) is 5. The topological polar surface area (TPSA) is 57.1 Å². The Morgan fingerprint density at radius 3 is 2.77 bits per heavy atom. The molecule has 0 N–H and O–H groups in total. The van der Waals surface area contributed by atoms with E-state index in [9.17, 15) is 4.79 Å². The highest BCUT2D eigenvalue weighted by Crippen LogP contribution is 2.35. The van der Waals surface area contributed by atoms with E-state index < -0.39 is 5.97 Å². The van der Waals surface area contributed by atoms with Crippen LogP contribution in [0.3, 0.4) is 0 Å². The third kappa shape index (κ3) is 4.19. The maximum Gasteiger partial charge on any atom is 0.367 e. The zero-order valence-corrected chi connectivity index (χ0v) is 17.0. The second kappa shape index (κ2) is 8.09. The lowest BCUT2D eigenvalue weighted by Crippen LogP contribution is -2.03. The van der Waals surface area contributed by atoms with Crippen molar-refractivity contribution in [2.75, 3.05) is 7.11 Å². The molecule has 1 aliphatic rings. The number of methoxy groups -OCH3 is 1. The molecule has 0 radical (unpaired) electrons. The zero-order chi connectivity index (χ0) is 18.7. The first-order valence-corrected chi connectivity index (χ1v) is 9.16. The van der Waals surface area contributed by atoms with Crippen LogP contribution in [0.4, 0.5) is 0 Å². The molecule has 1 heterocycles. The second-order valence-electron chi connectivity index (χ2n) is 5.57. The fourth-order valence-electron chi connectivity index (χ4n) is 2.43. The molecule has 0 aromatic heterocycles. The van der Waals surface area contributed by atoms with Crippen LogP contribution < -0.4 is 9.47 Å². The Balaban J connectivity index is 1.87. The Morgan fingerprint density at radius 2 is 2.12 bits per heavy atom. The molecule has 0 spiro atoms. The van der Waals surface area contributed by atoms with Gasteiger partial charge in [-0.2, -0.15) is 0 Å². The van der Waals surface area contributed by atoms with E-state index in [1.54, 1.807) is 26.2 Å². The van der Waals surface area contributed by atoms with Gasteiger partial charge in [0.2, 0.25) is 0 Å². The average Bonchev–Trinajstić information content (AvgIpc) is 2.92. The van der Waals surface area contributed by atoms with Crippen molar-refractivity contribution in [2.24, 2.45) is 5.16 Å². The van der Waals surface area contributed by atoms with Crippen LogP contribution in [0.5, 0.6) is 11.5 Å². The van der Waals surface area contributed by atoms with Crippen LogP contribution in [0.25, 0.3) is 6.08 Å². The van der Waals surface area contributed by atoms with Gasteiger partial charge in [0, 0.05) is 5.02 Å². The standard InChI is InChI=1S/C19H15ClINO4/c1-11-15(19(23)26-22-11)7-13-8-16(21)18(17(9-13)24-2)25-10-12-4-3-5-14(20)6-12/h3-9H,10H2,1-2H3/b15-7+. The van der Waals surface area contributed by atoms with E-state index in [2.05, 4.69) is 32.6 Å². The monoisotopic (exact) mass is 483 g/mol. The van der Waals surface area contributed by atoms with E-state index in [1.165, 1.54) is 0 Å². The van der Waals surface area contributed by atoms with Crippen LogP contribution in [0.2, 0.25) is 5.02 Å². The van der Waals surface area contributed by atoms with Gasteiger partial charge in [0.25, 0.3) is 0 Å². The van der Waals surface area contributed by atoms with Crippen LogP contribution in [-0.4, -0.2) is 18.8 Å². The number of hydrogen-bond donors (Lipinski definition) is 0. The molecule has 0 saturated heterocycles. The molecule has 0 bridgehead atoms. The largest absolute Gasteiger partial charge is 0.493 e. The molecule has 5 nitrogen and oxygen atoms in total. The third-order valence-corrected chi connectivity index (χ3v) is 4.75. The molecule has 7 heteroatoms. The van der Waals surface area contributed by atoms with Gasteiger partial charge in [0.1, 0.15) is 6.61 Å². The lowest BCUT2D eigenvalue weighted by atomic mass is 10.1. The van der Waals surface area contributed by atoms with Crippen molar-refractivity contribution in [3.63, 3.8) is 0 Å². The fourth-order valence-corrected chi connectivity index (χ4v) is 3.43. The predicted octanol–water partition coefficient (Wildman–Crippen LogP) is 4.85. The zero-order valence-electron chi connectivity index (χ0n) is 14.1. The molecular formula is C19H15ClINO4. The lowest BCUT2D eigenvalue weighted by molar-refractivity contribution is -0.136. The van der Waals surface area contributed by atoms with E-state index in [-0.39, 0.29) is 0 Å². The summed E-state index contributed by atoms with van der Waals surface area (Å²) < 4.78 is 12.3. The van der Waals surface area contributed by atoms with Gasteiger partial charge in [0.05, 0.1) is 22.0 Å². The molecule has 0 aliphatic carbocycles. The van der Waals surface area contributed by atoms with Gasteiger partial charge < -0.3 is 14.3 Å². The molecule has 2 aromatic rings. The van der Waals surface area contributed by atoms with Gasteiger partial charge in [-0.15, -0.1) is 0 Å². The van der Waals surface area contributed by atoms with Crippen LogP contribution >= 0.6 is 34.2 Å². The number of halogens is 2. The summed E-state index contributed by atoms with van der Waals surface area (Å²) in [5.41, 5.74) is 2.73. The lowest BCUT2D eigenvalue weighted by Gasteiger charge is -2.14. The Bertz CT molecular complexity index is 924. The number of carbonyl (C=O) groups is 1.